The minimum atomic E-state index is -1.39. The predicted octanol–water partition coefficient (Wildman–Crippen LogP) is 7.31. The Balaban J connectivity index is 4.41. The Morgan fingerprint density at radius 2 is 1.27 bits per heavy atom. The molecule has 0 rings (SSSR count). The van der Waals surface area contributed by atoms with Gasteiger partial charge in [-0.2, -0.15) is 0 Å². The molecule has 0 saturated carbocycles. The highest BCUT2D eigenvalue weighted by Gasteiger charge is 2.18. The predicted molar refractivity (Wildman–Crippen MR) is 181 cm³/mol. The summed E-state index contributed by atoms with van der Waals surface area (Å²) >= 11 is 0. The van der Waals surface area contributed by atoms with Gasteiger partial charge < -0.3 is 25.6 Å². The largest absolute Gasteiger partial charge is 0.480 e. The van der Waals surface area contributed by atoms with Gasteiger partial charge in [0.15, 0.2) is 0 Å². The van der Waals surface area contributed by atoms with E-state index in [0.29, 0.717) is 12.8 Å². The minimum absolute atomic E-state index is 0.131. The van der Waals surface area contributed by atoms with Gasteiger partial charge in [-0.05, 0) is 51.0 Å². The van der Waals surface area contributed by atoms with Crippen LogP contribution in [0, 0.1) is 0 Å². The van der Waals surface area contributed by atoms with Crippen LogP contribution in [-0.4, -0.2) is 59.3 Å². The SMILES string of the molecule is CCCCCC/C=C\C/C=C\C(CCCCCCC(=O)NCC(=O)NC(CO)C(=O)O)OC(=O)CCCCCCCCCCC. The number of allylic oxidation sites excluding steroid dienone is 3. The highest BCUT2D eigenvalue weighted by atomic mass is 16.5. The summed E-state index contributed by atoms with van der Waals surface area (Å²) in [4.78, 5) is 47.2. The van der Waals surface area contributed by atoms with Gasteiger partial charge in [-0.15, -0.1) is 0 Å². The number of unbranched alkanes of at least 4 members (excludes halogenated alkanes) is 15. The number of rotatable bonds is 31. The van der Waals surface area contributed by atoms with Crippen LogP contribution in [0.15, 0.2) is 24.3 Å². The number of ether oxygens (including phenoxy) is 1. The molecular formula is C36H64N2O7. The summed E-state index contributed by atoms with van der Waals surface area (Å²) in [5, 5.41) is 22.4. The first kappa shape index (κ1) is 42.3. The number of carboxylic acids is 1. The van der Waals surface area contributed by atoms with Gasteiger partial charge in [0.2, 0.25) is 11.8 Å². The molecule has 9 nitrogen and oxygen atoms in total. The molecule has 9 heteroatoms. The lowest BCUT2D eigenvalue weighted by Crippen LogP contribution is -2.47. The third kappa shape index (κ3) is 28.5. The molecule has 0 aromatic heterocycles. The normalized spacial score (nSPS) is 12.8. The monoisotopic (exact) mass is 636 g/mol. The molecule has 0 heterocycles. The number of esters is 1. The van der Waals surface area contributed by atoms with E-state index in [1.807, 2.05) is 6.08 Å². The van der Waals surface area contributed by atoms with Crippen LogP contribution >= 0.6 is 0 Å². The van der Waals surface area contributed by atoms with E-state index in [9.17, 15) is 19.2 Å². The Morgan fingerprint density at radius 1 is 0.689 bits per heavy atom. The van der Waals surface area contributed by atoms with E-state index in [4.69, 9.17) is 14.9 Å². The lowest BCUT2D eigenvalue weighted by Gasteiger charge is -2.15. The summed E-state index contributed by atoms with van der Waals surface area (Å²) < 4.78 is 5.84. The van der Waals surface area contributed by atoms with Crippen molar-refractivity contribution in [3.05, 3.63) is 24.3 Å². The average molecular weight is 637 g/mol. The summed E-state index contributed by atoms with van der Waals surface area (Å²) in [6, 6.07) is -1.39. The molecule has 2 unspecified atom stereocenters. The number of amides is 2. The lowest BCUT2D eigenvalue weighted by atomic mass is 10.1. The molecule has 0 fully saturated rings. The molecule has 260 valence electrons. The van der Waals surface area contributed by atoms with Crippen molar-refractivity contribution >= 4 is 23.8 Å². The molecule has 0 spiro atoms. The van der Waals surface area contributed by atoms with Gasteiger partial charge in [-0.25, -0.2) is 4.79 Å². The number of carbonyl (C=O) groups is 4. The molecular weight excluding hydrogens is 572 g/mol. The Kier molecular flexibility index (Phi) is 29.4. The zero-order valence-electron chi connectivity index (χ0n) is 28.4. The number of nitrogens with one attached hydrogen (secondary N) is 2. The van der Waals surface area contributed by atoms with Gasteiger partial charge in [0.1, 0.15) is 12.1 Å². The van der Waals surface area contributed by atoms with Crippen LogP contribution in [0.1, 0.15) is 155 Å². The van der Waals surface area contributed by atoms with E-state index >= 15 is 0 Å². The summed E-state index contributed by atoms with van der Waals surface area (Å²) in [6.07, 6.45) is 30.8. The van der Waals surface area contributed by atoms with Crippen molar-refractivity contribution in [1.29, 1.82) is 0 Å². The zero-order chi connectivity index (χ0) is 33.4. The highest BCUT2D eigenvalue weighted by Crippen LogP contribution is 2.15. The molecule has 0 aliphatic rings. The summed E-state index contributed by atoms with van der Waals surface area (Å²) in [5.74, 6) is -2.42. The smallest absolute Gasteiger partial charge is 0.328 e. The minimum Gasteiger partial charge on any atom is -0.480 e. The van der Waals surface area contributed by atoms with Gasteiger partial charge in [0, 0.05) is 12.8 Å². The molecule has 2 atom stereocenters. The number of hydrogen-bond donors (Lipinski definition) is 4. The van der Waals surface area contributed by atoms with E-state index in [-0.39, 0.29) is 30.9 Å². The van der Waals surface area contributed by atoms with Crippen LogP contribution < -0.4 is 10.6 Å². The lowest BCUT2D eigenvalue weighted by molar-refractivity contribution is -0.147. The van der Waals surface area contributed by atoms with Crippen LogP contribution in [-0.2, 0) is 23.9 Å². The fourth-order valence-electron chi connectivity index (χ4n) is 4.90. The summed E-state index contributed by atoms with van der Waals surface area (Å²) in [5.41, 5.74) is 0. The van der Waals surface area contributed by atoms with Crippen molar-refractivity contribution in [3.63, 3.8) is 0 Å². The Hall–Kier alpha value is -2.68. The van der Waals surface area contributed by atoms with Gasteiger partial charge >= 0.3 is 11.9 Å². The van der Waals surface area contributed by atoms with Crippen LogP contribution in [0.4, 0.5) is 0 Å². The maximum atomic E-state index is 12.6. The standard InChI is InChI=1S/C36H64N2O7/c1-3-5-7-9-11-13-15-17-21-25-31(45-35(42)28-24-18-16-14-12-10-8-6-4-2)26-22-19-20-23-27-33(40)37-29-34(41)38-32(30-39)36(43)44/h13,15,21,25,31-32,39H,3-12,14,16-20,22-24,26-30H2,1-2H3,(H,37,40)(H,38,41)(H,43,44)/b15-13-,25-21-. The highest BCUT2D eigenvalue weighted by molar-refractivity contribution is 5.87. The number of aliphatic carboxylic acids is 1. The quantitative estimate of drug-likeness (QED) is 0.0355. The van der Waals surface area contributed by atoms with Gasteiger partial charge in [-0.3, -0.25) is 14.4 Å². The number of carboxylic acid groups (broad SMARTS) is 1. The van der Waals surface area contributed by atoms with Crippen molar-refractivity contribution in [3.8, 4) is 0 Å². The molecule has 2 amide bonds. The van der Waals surface area contributed by atoms with E-state index < -0.39 is 24.5 Å². The van der Waals surface area contributed by atoms with Crippen molar-refractivity contribution in [2.45, 2.75) is 167 Å². The van der Waals surface area contributed by atoms with Crippen LogP contribution in [0.2, 0.25) is 0 Å². The molecule has 0 saturated heterocycles. The molecule has 0 aromatic carbocycles. The van der Waals surface area contributed by atoms with Crippen molar-refractivity contribution < 1.29 is 34.1 Å². The van der Waals surface area contributed by atoms with Crippen LogP contribution in [0.3, 0.4) is 0 Å². The molecule has 45 heavy (non-hydrogen) atoms. The molecule has 4 N–H and O–H groups in total. The number of hydrogen-bond acceptors (Lipinski definition) is 6. The zero-order valence-corrected chi connectivity index (χ0v) is 28.4. The van der Waals surface area contributed by atoms with Crippen LogP contribution in [0.5, 0.6) is 0 Å². The summed E-state index contributed by atoms with van der Waals surface area (Å²) in [6.45, 7) is 3.39. The molecule has 0 aromatic rings. The topological polar surface area (TPSA) is 142 Å². The third-order valence-electron chi connectivity index (χ3n) is 7.69. The number of aliphatic hydroxyl groups excluding tert-OH is 1. The number of carbonyl (C=O) groups excluding carboxylic acids is 3. The van der Waals surface area contributed by atoms with Crippen LogP contribution in [0.25, 0.3) is 0 Å². The maximum absolute atomic E-state index is 12.6. The fraction of sp³-hybridized carbons (Fsp3) is 0.778. The van der Waals surface area contributed by atoms with E-state index in [2.05, 4.69) is 42.7 Å². The average Bonchev–Trinajstić information content (AvgIpc) is 3.02. The summed E-state index contributed by atoms with van der Waals surface area (Å²) in [7, 11) is 0. The third-order valence-corrected chi connectivity index (χ3v) is 7.69. The first-order chi connectivity index (χ1) is 21.8. The van der Waals surface area contributed by atoms with E-state index in [0.717, 1.165) is 51.4 Å². The number of aliphatic hydroxyl groups is 1. The van der Waals surface area contributed by atoms with Gasteiger partial charge in [-0.1, -0.05) is 116 Å². The second-order valence-corrected chi connectivity index (χ2v) is 12.0. The second kappa shape index (κ2) is 31.3. The van der Waals surface area contributed by atoms with Gasteiger partial charge in [0.05, 0.1) is 13.2 Å². The molecule has 0 aliphatic carbocycles. The second-order valence-electron chi connectivity index (χ2n) is 12.0. The van der Waals surface area contributed by atoms with E-state index in [1.165, 1.54) is 70.6 Å². The maximum Gasteiger partial charge on any atom is 0.328 e. The fourth-order valence-corrected chi connectivity index (χ4v) is 4.90. The Labute approximate surface area is 273 Å². The van der Waals surface area contributed by atoms with Crippen molar-refractivity contribution in [2.75, 3.05) is 13.2 Å². The van der Waals surface area contributed by atoms with E-state index in [1.54, 1.807) is 0 Å². The van der Waals surface area contributed by atoms with Crippen molar-refractivity contribution in [2.24, 2.45) is 0 Å². The first-order valence-electron chi connectivity index (χ1n) is 17.7. The molecule has 0 radical (unpaired) electrons. The Morgan fingerprint density at radius 3 is 1.89 bits per heavy atom. The van der Waals surface area contributed by atoms with Gasteiger partial charge in [0.25, 0.3) is 0 Å². The van der Waals surface area contributed by atoms with Crippen molar-refractivity contribution in [1.82, 2.24) is 10.6 Å². The first-order valence-corrected chi connectivity index (χ1v) is 17.7. The molecule has 0 aliphatic heterocycles. The molecule has 0 bridgehead atoms. The Bertz CT molecular complexity index is 828.